The molecule has 0 amide bonds. The number of hydrogen-bond acceptors (Lipinski definition) is 2. The highest BCUT2D eigenvalue weighted by Gasteiger charge is 2.08. The molecule has 2 heterocycles. The first kappa shape index (κ1) is 12.1. The van der Waals surface area contributed by atoms with Crippen LogP contribution in [0.1, 0.15) is 11.3 Å². The third kappa shape index (κ3) is 2.29. The average Bonchev–Trinajstić information content (AvgIpc) is 2.83. The highest BCUT2D eigenvalue weighted by Crippen LogP contribution is 2.22. The second-order valence-corrected chi connectivity index (χ2v) is 4.72. The van der Waals surface area contributed by atoms with Gasteiger partial charge in [-0.3, -0.25) is 0 Å². The van der Waals surface area contributed by atoms with Gasteiger partial charge in [-0.2, -0.15) is 0 Å². The summed E-state index contributed by atoms with van der Waals surface area (Å²) < 4.78 is 7.29. The number of halogens is 1. The monoisotopic (exact) mass is 272 g/mol. The molecule has 1 aromatic carbocycles. The van der Waals surface area contributed by atoms with Gasteiger partial charge in [0.05, 0.1) is 17.8 Å². The minimum Gasteiger partial charge on any atom is -0.496 e. The lowest BCUT2D eigenvalue weighted by atomic mass is 10.1. The molecule has 0 spiro atoms. The van der Waals surface area contributed by atoms with Gasteiger partial charge in [0.2, 0.25) is 0 Å². The topological polar surface area (TPSA) is 26.5 Å². The number of pyridine rings is 1. The Bertz CT molecular complexity index is 721. The van der Waals surface area contributed by atoms with Crippen molar-refractivity contribution >= 4 is 17.2 Å². The summed E-state index contributed by atoms with van der Waals surface area (Å²) in [6.45, 7) is 0. The van der Waals surface area contributed by atoms with E-state index in [0.29, 0.717) is 5.02 Å². The van der Waals surface area contributed by atoms with Gasteiger partial charge in [-0.1, -0.05) is 29.8 Å². The van der Waals surface area contributed by atoms with E-state index in [0.717, 1.165) is 29.1 Å². The molecular formula is C15H13ClN2O. The maximum Gasteiger partial charge on any atom is 0.155 e. The number of para-hydroxylation sites is 1. The SMILES string of the molecule is COc1ccccc1Cc1cn2cccc(Cl)c2n1. The molecule has 4 heteroatoms. The fourth-order valence-electron chi connectivity index (χ4n) is 2.16. The maximum atomic E-state index is 6.12. The van der Waals surface area contributed by atoms with Crippen molar-refractivity contribution in [3.63, 3.8) is 0 Å². The summed E-state index contributed by atoms with van der Waals surface area (Å²) in [7, 11) is 1.68. The molecule has 0 atom stereocenters. The average molecular weight is 273 g/mol. The van der Waals surface area contributed by atoms with Crippen LogP contribution in [0.2, 0.25) is 5.02 Å². The van der Waals surface area contributed by atoms with Crippen LogP contribution in [0, 0.1) is 0 Å². The van der Waals surface area contributed by atoms with E-state index in [1.807, 2.05) is 53.2 Å². The molecule has 19 heavy (non-hydrogen) atoms. The van der Waals surface area contributed by atoms with Gasteiger partial charge in [0, 0.05) is 24.4 Å². The maximum absolute atomic E-state index is 6.12. The van der Waals surface area contributed by atoms with E-state index < -0.39 is 0 Å². The van der Waals surface area contributed by atoms with Gasteiger partial charge in [-0.15, -0.1) is 0 Å². The highest BCUT2D eigenvalue weighted by atomic mass is 35.5. The van der Waals surface area contributed by atoms with Crippen molar-refractivity contribution in [1.82, 2.24) is 9.38 Å². The van der Waals surface area contributed by atoms with Crippen molar-refractivity contribution in [2.75, 3.05) is 7.11 Å². The molecule has 0 aliphatic heterocycles. The summed E-state index contributed by atoms with van der Waals surface area (Å²) in [5, 5.41) is 0.661. The minimum atomic E-state index is 0.661. The van der Waals surface area contributed by atoms with E-state index >= 15 is 0 Å². The fourth-order valence-corrected chi connectivity index (χ4v) is 2.37. The van der Waals surface area contributed by atoms with Crippen LogP contribution < -0.4 is 4.74 Å². The molecule has 0 saturated heterocycles. The molecule has 0 aliphatic rings. The van der Waals surface area contributed by atoms with Gasteiger partial charge in [0.15, 0.2) is 5.65 Å². The minimum absolute atomic E-state index is 0.661. The molecule has 0 radical (unpaired) electrons. The Kier molecular flexibility index (Phi) is 3.13. The third-order valence-electron chi connectivity index (χ3n) is 3.05. The molecule has 3 aromatic rings. The van der Waals surface area contributed by atoms with E-state index in [9.17, 15) is 0 Å². The molecule has 0 N–H and O–H groups in total. The smallest absolute Gasteiger partial charge is 0.155 e. The molecule has 0 unspecified atom stereocenters. The van der Waals surface area contributed by atoms with Gasteiger partial charge in [-0.25, -0.2) is 4.98 Å². The van der Waals surface area contributed by atoms with E-state index in [2.05, 4.69) is 4.98 Å². The van der Waals surface area contributed by atoms with Crippen LogP contribution in [0.4, 0.5) is 0 Å². The zero-order valence-corrected chi connectivity index (χ0v) is 11.3. The summed E-state index contributed by atoms with van der Waals surface area (Å²) in [6.07, 6.45) is 4.66. The van der Waals surface area contributed by atoms with Crippen LogP contribution in [0.5, 0.6) is 5.75 Å². The summed E-state index contributed by atoms with van der Waals surface area (Å²) in [6, 6.07) is 11.7. The number of benzene rings is 1. The molecular weight excluding hydrogens is 260 g/mol. The van der Waals surface area contributed by atoms with Crippen molar-refractivity contribution in [3.8, 4) is 5.75 Å². The molecule has 2 aromatic heterocycles. The number of rotatable bonds is 3. The Hall–Kier alpha value is -2.00. The largest absolute Gasteiger partial charge is 0.496 e. The Labute approximate surface area is 116 Å². The zero-order chi connectivity index (χ0) is 13.2. The predicted molar refractivity (Wildman–Crippen MR) is 76.0 cm³/mol. The Morgan fingerprint density at radius 2 is 2.05 bits per heavy atom. The van der Waals surface area contributed by atoms with Gasteiger partial charge >= 0.3 is 0 Å². The van der Waals surface area contributed by atoms with Gasteiger partial charge < -0.3 is 9.14 Å². The quantitative estimate of drug-likeness (QED) is 0.728. The van der Waals surface area contributed by atoms with Crippen LogP contribution in [0.3, 0.4) is 0 Å². The summed E-state index contributed by atoms with van der Waals surface area (Å²) in [5.74, 6) is 0.880. The van der Waals surface area contributed by atoms with Crippen molar-refractivity contribution in [2.24, 2.45) is 0 Å². The summed E-state index contributed by atoms with van der Waals surface area (Å²) in [4.78, 5) is 4.56. The first-order chi connectivity index (χ1) is 9.28. The molecule has 3 rings (SSSR count). The summed E-state index contributed by atoms with van der Waals surface area (Å²) in [5.41, 5.74) is 2.87. The van der Waals surface area contributed by atoms with Crippen molar-refractivity contribution < 1.29 is 4.74 Å². The number of hydrogen-bond donors (Lipinski definition) is 0. The van der Waals surface area contributed by atoms with Gasteiger partial charge in [0.25, 0.3) is 0 Å². The molecule has 3 nitrogen and oxygen atoms in total. The second-order valence-electron chi connectivity index (χ2n) is 4.31. The van der Waals surface area contributed by atoms with Crippen LogP contribution in [-0.4, -0.2) is 16.5 Å². The van der Waals surface area contributed by atoms with Crippen molar-refractivity contribution in [1.29, 1.82) is 0 Å². The van der Waals surface area contributed by atoms with Crippen LogP contribution >= 0.6 is 11.6 Å². The molecule has 0 aliphatic carbocycles. The van der Waals surface area contributed by atoms with Crippen LogP contribution in [0.15, 0.2) is 48.8 Å². The number of nitrogens with zero attached hydrogens (tertiary/aromatic N) is 2. The zero-order valence-electron chi connectivity index (χ0n) is 10.5. The molecule has 0 fully saturated rings. The second kappa shape index (κ2) is 4.94. The van der Waals surface area contributed by atoms with Crippen LogP contribution in [0.25, 0.3) is 5.65 Å². The fraction of sp³-hybridized carbons (Fsp3) is 0.133. The Morgan fingerprint density at radius 1 is 1.21 bits per heavy atom. The molecule has 0 saturated carbocycles. The van der Waals surface area contributed by atoms with Gasteiger partial charge in [0.1, 0.15) is 5.75 Å². The molecule has 96 valence electrons. The Morgan fingerprint density at radius 3 is 2.84 bits per heavy atom. The Balaban J connectivity index is 1.99. The van der Waals surface area contributed by atoms with E-state index in [1.165, 1.54) is 0 Å². The van der Waals surface area contributed by atoms with Crippen molar-refractivity contribution in [3.05, 3.63) is 65.1 Å². The normalized spacial score (nSPS) is 10.8. The number of fused-ring (bicyclic) bond motifs is 1. The number of ether oxygens (including phenoxy) is 1. The molecule has 0 bridgehead atoms. The first-order valence-corrected chi connectivity index (χ1v) is 6.40. The van der Waals surface area contributed by atoms with E-state index in [1.54, 1.807) is 7.11 Å². The highest BCUT2D eigenvalue weighted by molar-refractivity contribution is 6.33. The lowest BCUT2D eigenvalue weighted by Crippen LogP contribution is -1.93. The lowest BCUT2D eigenvalue weighted by Gasteiger charge is -2.05. The lowest BCUT2D eigenvalue weighted by molar-refractivity contribution is 0.410. The predicted octanol–water partition coefficient (Wildman–Crippen LogP) is 3.59. The standard InChI is InChI=1S/C15H13ClN2O/c1-19-14-7-3-2-5-11(14)9-12-10-18-8-4-6-13(16)15(18)17-12/h2-8,10H,9H2,1H3. The number of imidazole rings is 1. The summed E-state index contributed by atoms with van der Waals surface area (Å²) >= 11 is 6.12. The first-order valence-electron chi connectivity index (χ1n) is 6.02. The number of methoxy groups -OCH3 is 1. The van der Waals surface area contributed by atoms with Crippen molar-refractivity contribution in [2.45, 2.75) is 6.42 Å². The van der Waals surface area contributed by atoms with E-state index in [4.69, 9.17) is 16.3 Å². The number of aromatic nitrogens is 2. The van der Waals surface area contributed by atoms with Gasteiger partial charge in [-0.05, 0) is 18.2 Å². The van der Waals surface area contributed by atoms with Crippen LogP contribution in [-0.2, 0) is 6.42 Å². The van der Waals surface area contributed by atoms with E-state index in [-0.39, 0.29) is 0 Å². The third-order valence-corrected chi connectivity index (χ3v) is 3.34.